The molecule has 2 aliphatic carbocycles. The number of hydrogen-bond donors (Lipinski definition) is 0. The second-order valence-electron chi connectivity index (χ2n) is 22.5. The summed E-state index contributed by atoms with van der Waals surface area (Å²) in [7, 11) is 0. The first-order chi connectivity index (χ1) is 31.9. The maximum absolute atomic E-state index is 2.93. The monoisotopic (exact) mass is 860 g/mol. The summed E-state index contributed by atoms with van der Waals surface area (Å²) >= 11 is 0. The van der Waals surface area contributed by atoms with Crippen LogP contribution in [0.1, 0.15) is 125 Å². The van der Waals surface area contributed by atoms with Crippen molar-refractivity contribution in [3.05, 3.63) is 191 Å². The fourth-order valence-corrected chi connectivity index (χ4v) is 15.2. The van der Waals surface area contributed by atoms with Gasteiger partial charge < -0.3 is 14.7 Å². The maximum Gasteiger partial charge on any atom is 0.252 e. The molecular formula is C62H62BN3. The van der Waals surface area contributed by atoms with Crippen LogP contribution in [-0.2, 0) is 16.2 Å². The van der Waals surface area contributed by atoms with Crippen molar-refractivity contribution in [2.24, 2.45) is 0 Å². The van der Waals surface area contributed by atoms with Crippen molar-refractivity contribution in [3.63, 3.8) is 0 Å². The van der Waals surface area contributed by atoms with E-state index in [0.29, 0.717) is 0 Å². The molecule has 0 radical (unpaired) electrons. The Balaban J connectivity index is 1.16. The average Bonchev–Trinajstić information content (AvgIpc) is 3.71. The number of hydrogen-bond acceptors (Lipinski definition) is 3. The van der Waals surface area contributed by atoms with E-state index in [-0.39, 0.29) is 34.0 Å². The fourth-order valence-electron chi connectivity index (χ4n) is 15.2. The zero-order chi connectivity index (χ0) is 45.0. The first-order valence-corrected chi connectivity index (χ1v) is 25.1. The van der Waals surface area contributed by atoms with Crippen LogP contribution >= 0.6 is 0 Å². The molecular weight excluding hydrogens is 798 g/mol. The zero-order valence-corrected chi connectivity index (χ0v) is 40.0. The molecule has 3 nitrogen and oxygen atoms in total. The van der Waals surface area contributed by atoms with Gasteiger partial charge in [-0.3, -0.25) is 0 Å². The van der Waals surface area contributed by atoms with Crippen LogP contribution in [0.3, 0.4) is 0 Å². The Morgan fingerprint density at radius 2 is 1.09 bits per heavy atom. The summed E-state index contributed by atoms with van der Waals surface area (Å²) in [4.78, 5) is 8.46. The average molecular weight is 860 g/mol. The van der Waals surface area contributed by atoms with E-state index in [9.17, 15) is 0 Å². The highest BCUT2D eigenvalue weighted by molar-refractivity contribution is 7.00. The van der Waals surface area contributed by atoms with Gasteiger partial charge in [0.2, 0.25) is 0 Å². The quantitative estimate of drug-likeness (QED) is 0.163. The number of rotatable bonds is 4. The van der Waals surface area contributed by atoms with E-state index in [4.69, 9.17) is 0 Å². The standard InChI is InChI=1S/C62H62BN3/c1-41-20-18-25-46(36-41)64-53-37-42(2)28-30-50(53)63-51-27-19-26-48-57(51)66(60(7)33-15-16-34-61(48,60)43-21-10-8-11-22-43)55-40-47(39-54(64)56(55)63)65-52-31-29-45(58(3,4)5)38-49(52)62(44-23-12-9-13-24-44)35-17-14-32-59(62,65)6/h8-13,18-31,36-40H,14-17,32-35H2,1-7H3. The fraction of sp³-hybridized carbons (Fsp3) is 0.323. The molecule has 0 N–H and O–H groups in total. The largest absolute Gasteiger partial charge is 0.335 e. The first-order valence-electron chi connectivity index (χ1n) is 25.1. The molecule has 4 unspecified atom stereocenters. The summed E-state index contributed by atoms with van der Waals surface area (Å²) in [6, 6.07) is 60.2. The summed E-state index contributed by atoms with van der Waals surface area (Å²) in [5, 5.41) is 0. The topological polar surface area (TPSA) is 9.72 Å². The third kappa shape index (κ3) is 5.01. The first kappa shape index (κ1) is 40.3. The van der Waals surface area contributed by atoms with Gasteiger partial charge >= 0.3 is 0 Å². The lowest BCUT2D eigenvalue weighted by atomic mass is 9.33. The van der Waals surface area contributed by atoms with E-state index in [1.807, 2.05) is 0 Å². The highest BCUT2D eigenvalue weighted by Gasteiger charge is 2.65. The van der Waals surface area contributed by atoms with Crippen molar-refractivity contribution < 1.29 is 0 Å². The molecule has 2 saturated carbocycles. The van der Waals surface area contributed by atoms with Crippen molar-refractivity contribution in [1.29, 1.82) is 0 Å². The predicted molar refractivity (Wildman–Crippen MR) is 279 cm³/mol. The Labute approximate surface area is 393 Å². The molecule has 4 atom stereocenters. The van der Waals surface area contributed by atoms with Gasteiger partial charge in [-0.1, -0.05) is 162 Å². The summed E-state index contributed by atoms with van der Waals surface area (Å²) < 4.78 is 0. The van der Waals surface area contributed by atoms with Crippen molar-refractivity contribution in [2.75, 3.05) is 14.7 Å². The SMILES string of the molecule is Cc1cccc(N2c3cc(C)ccc3B3c4cccc5c4N(c4cc(N6c7ccc(C(C)(C)C)cc7C7(c8ccccc8)CCCCC67C)cc2c43)C2(C)CCCCC52c2ccccc2)c1. The summed E-state index contributed by atoms with van der Waals surface area (Å²) in [5.74, 6) is 0. The van der Waals surface area contributed by atoms with Gasteiger partial charge in [0.15, 0.2) is 0 Å². The molecule has 7 aromatic rings. The minimum atomic E-state index is -0.214. The second kappa shape index (κ2) is 13.8. The van der Waals surface area contributed by atoms with Crippen LogP contribution < -0.4 is 31.1 Å². The van der Waals surface area contributed by atoms with Crippen molar-refractivity contribution >= 4 is 62.9 Å². The molecule has 6 aliphatic rings. The Hall–Kier alpha value is -6.00. The van der Waals surface area contributed by atoms with Gasteiger partial charge in [0.05, 0.1) is 11.1 Å². The number of aryl methyl sites for hydroxylation is 2. The number of nitrogens with zero attached hydrogens (tertiary/aromatic N) is 3. The van der Waals surface area contributed by atoms with Gasteiger partial charge in [-0.05, 0) is 151 Å². The normalized spacial score (nSPS) is 25.4. The highest BCUT2D eigenvalue weighted by Crippen LogP contribution is 2.67. The number of fused-ring (bicyclic) bond motifs is 10. The van der Waals surface area contributed by atoms with Crippen LogP contribution in [0.15, 0.2) is 152 Å². The molecule has 4 aliphatic heterocycles. The van der Waals surface area contributed by atoms with Crippen LogP contribution in [-0.4, -0.2) is 17.8 Å². The number of para-hydroxylation sites is 1. The summed E-state index contributed by atoms with van der Waals surface area (Å²) in [5.41, 5.74) is 22.9. The Kier molecular flexibility index (Phi) is 8.42. The Morgan fingerprint density at radius 3 is 1.77 bits per heavy atom. The Bertz CT molecular complexity index is 3130. The van der Waals surface area contributed by atoms with E-state index >= 15 is 0 Å². The van der Waals surface area contributed by atoms with E-state index in [2.05, 4.69) is 215 Å². The van der Waals surface area contributed by atoms with Crippen LogP contribution in [0.25, 0.3) is 0 Å². The molecule has 2 fully saturated rings. The van der Waals surface area contributed by atoms with Crippen molar-refractivity contribution in [3.8, 4) is 0 Å². The molecule has 7 aromatic carbocycles. The van der Waals surface area contributed by atoms with Crippen LogP contribution in [0.5, 0.6) is 0 Å². The van der Waals surface area contributed by atoms with Gasteiger partial charge in [0.25, 0.3) is 6.71 Å². The zero-order valence-electron chi connectivity index (χ0n) is 40.0. The van der Waals surface area contributed by atoms with E-state index in [0.717, 1.165) is 25.7 Å². The minimum Gasteiger partial charge on any atom is -0.335 e. The predicted octanol–water partition coefficient (Wildman–Crippen LogP) is 13.8. The lowest BCUT2D eigenvalue weighted by molar-refractivity contribution is 0.214. The van der Waals surface area contributed by atoms with Crippen LogP contribution in [0.4, 0.5) is 39.8 Å². The lowest BCUT2D eigenvalue weighted by Crippen LogP contribution is -2.65. The molecule has 0 amide bonds. The van der Waals surface area contributed by atoms with E-state index < -0.39 is 0 Å². The van der Waals surface area contributed by atoms with Gasteiger partial charge in [-0.15, -0.1) is 0 Å². The van der Waals surface area contributed by atoms with Gasteiger partial charge in [-0.25, -0.2) is 0 Å². The third-order valence-electron chi connectivity index (χ3n) is 18.1. The molecule has 0 aromatic heterocycles. The minimum absolute atomic E-state index is 0.0256. The third-order valence-corrected chi connectivity index (χ3v) is 18.1. The molecule has 66 heavy (non-hydrogen) atoms. The molecule has 0 bridgehead atoms. The lowest BCUT2D eigenvalue weighted by Gasteiger charge is -2.55. The van der Waals surface area contributed by atoms with E-state index in [1.54, 1.807) is 0 Å². The number of benzene rings is 7. The van der Waals surface area contributed by atoms with Crippen molar-refractivity contribution in [2.45, 2.75) is 127 Å². The smallest absolute Gasteiger partial charge is 0.252 e. The van der Waals surface area contributed by atoms with Crippen LogP contribution in [0.2, 0.25) is 0 Å². The number of anilines is 7. The molecule has 0 saturated heterocycles. The maximum atomic E-state index is 2.93. The van der Waals surface area contributed by atoms with Gasteiger partial charge in [-0.2, -0.15) is 0 Å². The van der Waals surface area contributed by atoms with Gasteiger partial charge in [0, 0.05) is 50.6 Å². The Morgan fingerprint density at radius 1 is 0.470 bits per heavy atom. The molecule has 4 heteroatoms. The molecule has 0 spiro atoms. The molecule has 13 rings (SSSR count). The van der Waals surface area contributed by atoms with Crippen molar-refractivity contribution in [1.82, 2.24) is 0 Å². The van der Waals surface area contributed by atoms with Crippen LogP contribution in [0, 0.1) is 13.8 Å². The van der Waals surface area contributed by atoms with Gasteiger partial charge in [0.1, 0.15) is 0 Å². The molecule has 4 heterocycles. The molecule has 328 valence electrons. The summed E-state index contributed by atoms with van der Waals surface area (Å²) in [6.07, 6.45) is 9.41. The van der Waals surface area contributed by atoms with E-state index in [1.165, 1.54) is 121 Å². The summed E-state index contributed by atoms with van der Waals surface area (Å²) in [6.45, 7) is 17.0. The second-order valence-corrected chi connectivity index (χ2v) is 22.5. The highest BCUT2D eigenvalue weighted by atomic mass is 15.3.